The fraction of sp³-hybridized carbons (Fsp3) is 0.103. The van der Waals surface area contributed by atoms with E-state index in [-0.39, 0.29) is 0 Å². The van der Waals surface area contributed by atoms with Gasteiger partial charge in [-0.05, 0) is 83.6 Å². The van der Waals surface area contributed by atoms with E-state index in [4.69, 9.17) is 15.0 Å². The lowest BCUT2D eigenvalue weighted by molar-refractivity contribution is 1.07. The average molecular weight is 816 g/mol. The van der Waals surface area contributed by atoms with Gasteiger partial charge >= 0.3 is 0 Å². The topological polar surface area (TPSA) is 67.4 Å². The van der Waals surface area contributed by atoms with Crippen molar-refractivity contribution in [2.45, 2.75) is 41.5 Å². The maximum atomic E-state index is 9.65. The van der Waals surface area contributed by atoms with E-state index in [2.05, 4.69) is 128 Å². The van der Waals surface area contributed by atoms with E-state index in [1.807, 2.05) is 113 Å². The van der Waals surface area contributed by atoms with Crippen LogP contribution < -0.4 is 0 Å². The Bertz CT molecular complexity index is 3040. The Morgan fingerprint density at radius 1 is 0.381 bits per heavy atom. The molecule has 0 fully saturated rings. The number of aryl methyl sites for hydroxylation is 2. The Balaban J connectivity index is 0.00000132. The SMILES string of the molecule is CC.CC.Cc1ccc(-c2ccc3c4ccc(-c5ccc(C)cc5)cc4n(-c4ccc(-c5ccc(C#N)cc5)c(-c5nc(-c6ccccc6)nc(-c6ccccc6)n5)c4)c3c2)cc1. The third kappa shape index (κ3) is 8.53. The molecule has 63 heavy (non-hydrogen) atoms. The third-order valence-electron chi connectivity index (χ3n) is 11.1. The lowest BCUT2D eigenvalue weighted by atomic mass is 9.97. The zero-order valence-electron chi connectivity index (χ0n) is 36.6. The molecule has 10 rings (SSSR count). The van der Waals surface area contributed by atoms with Crippen LogP contribution in [0.5, 0.6) is 0 Å². The summed E-state index contributed by atoms with van der Waals surface area (Å²) in [6.45, 7) is 12.2. The molecule has 2 heterocycles. The second-order valence-corrected chi connectivity index (χ2v) is 15.0. The van der Waals surface area contributed by atoms with Gasteiger partial charge in [0.15, 0.2) is 17.5 Å². The molecule has 8 aromatic carbocycles. The highest BCUT2D eigenvalue weighted by Gasteiger charge is 2.20. The Hall–Kier alpha value is -7.94. The number of rotatable bonds is 7. The van der Waals surface area contributed by atoms with Crippen molar-refractivity contribution in [1.29, 1.82) is 5.26 Å². The molecule has 0 radical (unpaired) electrons. The van der Waals surface area contributed by atoms with Crippen LogP contribution in [0.3, 0.4) is 0 Å². The van der Waals surface area contributed by atoms with Gasteiger partial charge in [0.1, 0.15) is 0 Å². The van der Waals surface area contributed by atoms with E-state index in [0.717, 1.165) is 55.7 Å². The molecule has 0 spiro atoms. The molecule has 2 aromatic heterocycles. The first-order chi connectivity index (χ1) is 31.0. The van der Waals surface area contributed by atoms with Gasteiger partial charge in [-0.1, -0.05) is 190 Å². The highest BCUT2D eigenvalue weighted by Crippen LogP contribution is 2.40. The summed E-state index contributed by atoms with van der Waals surface area (Å²) in [5, 5.41) is 12.0. The molecular formula is C58H49N5. The van der Waals surface area contributed by atoms with Crippen LogP contribution in [0.25, 0.3) is 95.0 Å². The van der Waals surface area contributed by atoms with Crippen LogP contribution in [0, 0.1) is 25.2 Å². The monoisotopic (exact) mass is 815 g/mol. The van der Waals surface area contributed by atoms with E-state index in [0.29, 0.717) is 23.0 Å². The summed E-state index contributed by atoms with van der Waals surface area (Å²) in [5.74, 6) is 1.74. The Morgan fingerprint density at radius 3 is 1.27 bits per heavy atom. The third-order valence-corrected chi connectivity index (χ3v) is 11.1. The minimum atomic E-state index is 0.556. The van der Waals surface area contributed by atoms with Gasteiger partial charge in [-0.2, -0.15) is 5.26 Å². The first-order valence-electron chi connectivity index (χ1n) is 21.7. The summed E-state index contributed by atoms with van der Waals surface area (Å²) < 4.78 is 2.38. The van der Waals surface area contributed by atoms with Gasteiger partial charge in [-0.15, -0.1) is 0 Å². The van der Waals surface area contributed by atoms with E-state index < -0.39 is 0 Å². The molecule has 0 unspecified atom stereocenters. The van der Waals surface area contributed by atoms with Crippen LogP contribution in [0.15, 0.2) is 188 Å². The van der Waals surface area contributed by atoms with Crippen LogP contribution in [-0.4, -0.2) is 19.5 Å². The molecule has 306 valence electrons. The molecule has 0 atom stereocenters. The Morgan fingerprint density at radius 2 is 0.810 bits per heavy atom. The van der Waals surface area contributed by atoms with Crippen LogP contribution in [0.1, 0.15) is 44.4 Å². The maximum Gasteiger partial charge on any atom is 0.164 e. The predicted octanol–water partition coefficient (Wildman–Crippen LogP) is 15.5. The van der Waals surface area contributed by atoms with Gasteiger partial charge in [-0.25, -0.2) is 15.0 Å². The first kappa shape index (κ1) is 41.8. The zero-order chi connectivity index (χ0) is 43.9. The summed E-state index contributed by atoms with van der Waals surface area (Å²) in [6.07, 6.45) is 0. The number of hydrogen-bond acceptors (Lipinski definition) is 4. The van der Waals surface area contributed by atoms with E-state index in [1.165, 1.54) is 33.0 Å². The number of nitrogens with zero attached hydrogens (tertiary/aromatic N) is 5. The molecule has 0 bridgehead atoms. The molecule has 0 saturated carbocycles. The summed E-state index contributed by atoms with van der Waals surface area (Å²) >= 11 is 0. The smallest absolute Gasteiger partial charge is 0.164 e. The van der Waals surface area contributed by atoms with Crippen molar-refractivity contribution < 1.29 is 0 Å². The molecule has 0 aliphatic rings. The van der Waals surface area contributed by atoms with E-state index in [9.17, 15) is 5.26 Å². The van der Waals surface area contributed by atoms with Gasteiger partial charge in [0, 0.05) is 33.2 Å². The van der Waals surface area contributed by atoms with Crippen molar-refractivity contribution in [2.75, 3.05) is 0 Å². The van der Waals surface area contributed by atoms with Crippen molar-refractivity contribution in [2.24, 2.45) is 0 Å². The molecule has 5 nitrogen and oxygen atoms in total. The van der Waals surface area contributed by atoms with Crippen LogP contribution in [-0.2, 0) is 0 Å². The van der Waals surface area contributed by atoms with Gasteiger partial charge in [0.25, 0.3) is 0 Å². The van der Waals surface area contributed by atoms with E-state index in [1.54, 1.807) is 0 Å². The fourth-order valence-corrected chi connectivity index (χ4v) is 7.91. The van der Waals surface area contributed by atoms with Crippen molar-refractivity contribution in [3.05, 3.63) is 205 Å². The standard InChI is InChI=1S/C54H37N5.2C2H6/c1-35-13-19-38(20-14-35)43-25-28-47-48-29-26-44(39-21-15-36(2)16-22-39)32-51(48)59(50(47)31-43)45-27-30-46(40-23-17-37(34-55)18-24-40)49(33-45)54-57-52(41-9-5-3-6-10-41)56-53(58-54)42-11-7-4-8-12-42;2*1-2/h3-33H,1-2H3;2*1-2H3. The normalized spacial score (nSPS) is 10.7. The van der Waals surface area contributed by atoms with Gasteiger partial charge in [0.05, 0.1) is 22.7 Å². The highest BCUT2D eigenvalue weighted by molar-refractivity contribution is 6.11. The second-order valence-electron chi connectivity index (χ2n) is 15.0. The predicted molar refractivity (Wildman–Crippen MR) is 264 cm³/mol. The number of nitriles is 1. The number of benzene rings is 8. The minimum absolute atomic E-state index is 0.556. The number of hydrogen-bond donors (Lipinski definition) is 0. The largest absolute Gasteiger partial charge is 0.309 e. The van der Waals surface area contributed by atoms with Crippen molar-refractivity contribution >= 4 is 21.8 Å². The molecule has 5 heteroatoms. The maximum absolute atomic E-state index is 9.65. The van der Waals surface area contributed by atoms with Crippen LogP contribution in [0.4, 0.5) is 0 Å². The number of aromatic nitrogens is 4. The molecule has 0 amide bonds. The lowest BCUT2D eigenvalue weighted by Crippen LogP contribution is -2.02. The average Bonchev–Trinajstić information content (AvgIpc) is 3.69. The van der Waals surface area contributed by atoms with Crippen molar-refractivity contribution in [3.8, 4) is 79.3 Å². The summed E-state index contributed by atoms with van der Waals surface area (Å²) in [7, 11) is 0. The molecular weight excluding hydrogens is 767 g/mol. The molecule has 0 aliphatic carbocycles. The first-order valence-corrected chi connectivity index (χ1v) is 21.7. The fourth-order valence-electron chi connectivity index (χ4n) is 7.91. The number of fused-ring (bicyclic) bond motifs is 3. The highest BCUT2D eigenvalue weighted by atomic mass is 15.0. The minimum Gasteiger partial charge on any atom is -0.309 e. The Labute approximate surface area is 370 Å². The van der Waals surface area contributed by atoms with Gasteiger partial charge < -0.3 is 4.57 Å². The second kappa shape index (κ2) is 18.8. The zero-order valence-corrected chi connectivity index (χ0v) is 36.6. The van der Waals surface area contributed by atoms with Crippen LogP contribution in [0.2, 0.25) is 0 Å². The molecule has 0 saturated heterocycles. The van der Waals surface area contributed by atoms with Crippen molar-refractivity contribution in [1.82, 2.24) is 19.5 Å². The summed E-state index contributed by atoms with van der Waals surface area (Å²) in [4.78, 5) is 15.4. The Kier molecular flexibility index (Phi) is 12.4. The van der Waals surface area contributed by atoms with E-state index >= 15 is 0 Å². The molecule has 0 N–H and O–H groups in total. The molecule has 0 aliphatic heterocycles. The summed E-state index contributed by atoms with van der Waals surface area (Å²) in [6, 6.07) is 67.7. The summed E-state index contributed by atoms with van der Waals surface area (Å²) in [5.41, 5.74) is 15.4. The van der Waals surface area contributed by atoms with Crippen LogP contribution >= 0.6 is 0 Å². The lowest BCUT2D eigenvalue weighted by Gasteiger charge is -2.16. The van der Waals surface area contributed by atoms with Crippen molar-refractivity contribution in [3.63, 3.8) is 0 Å². The quantitative estimate of drug-likeness (QED) is 0.161. The van der Waals surface area contributed by atoms with Gasteiger partial charge in [-0.3, -0.25) is 0 Å². The van der Waals surface area contributed by atoms with Gasteiger partial charge in [0.2, 0.25) is 0 Å². The molecule has 10 aromatic rings.